The van der Waals surface area contributed by atoms with Crippen molar-refractivity contribution in [1.82, 2.24) is 15.5 Å². The number of aromatic nitrogens is 2. The van der Waals surface area contributed by atoms with Crippen LogP contribution in [-0.2, 0) is 6.54 Å². The number of nitrogens with one attached hydrogen (secondary N) is 2. The molecule has 0 atom stereocenters. The molecule has 1 heterocycles. The number of rotatable bonds is 4. The van der Waals surface area contributed by atoms with E-state index in [-0.39, 0.29) is 0 Å². The number of hydrogen-bond donors (Lipinski definition) is 2. The van der Waals surface area contributed by atoms with Gasteiger partial charge in [-0.05, 0) is 24.3 Å². The van der Waals surface area contributed by atoms with Crippen LogP contribution in [0.25, 0.3) is 0 Å². The van der Waals surface area contributed by atoms with E-state index in [0.717, 1.165) is 13.1 Å². The van der Waals surface area contributed by atoms with Crippen LogP contribution in [-0.4, -0.2) is 16.7 Å². The summed E-state index contributed by atoms with van der Waals surface area (Å²) in [5, 5.41) is 10.5. The van der Waals surface area contributed by atoms with Gasteiger partial charge in [-0.25, -0.2) is 0 Å². The average molecular weight is 221 g/mol. The van der Waals surface area contributed by atoms with E-state index < -0.39 is 0 Å². The van der Waals surface area contributed by atoms with Crippen molar-refractivity contribution in [1.29, 1.82) is 0 Å². The standard InChI is InChI=1S/C13H23N3/c1-13(7-4-2-3-5-8-13)11-14-10-12-6-9-15-16-12/h6,9,14H,2-5,7-8,10-11H2,1H3,(H,15,16). The molecule has 2 rings (SSSR count). The Morgan fingerprint density at radius 2 is 2.06 bits per heavy atom. The van der Waals surface area contributed by atoms with E-state index in [1.165, 1.54) is 44.2 Å². The van der Waals surface area contributed by atoms with Crippen LogP contribution in [0, 0.1) is 5.41 Å². The van der Waals surface area contributed by atoms with Gasteiger partial charge >= 0.3 is 0 Å². The molecule has 0 spiro atoms. The molecule has 90 valence electrons. The van der Waals surface area contributed by atoms with Gasteiger partial charge < -0.3 is 5.32 Å². The Morgan fingerprint density at radius 1 is 1.31 bits per heavy atom. The number of hydrogen-bond acceptors (Lipinski definition) is 2. The lowest BCUT2D eigenvalue weighted by molar-refractivity contribution is 0.262. The number of nitrogens with zero attached hydrogens (tertiary/aromatic N) is 1. The van der Waals surface area contributed by atoms with Gasteiger partial charge in [-0.1, -0.05) is 32.6 Å². The molecular weight excluding hydrogens is 198 g/mol. The SMILES string of the molecule is CC1(CNCc2ccn[nH]2)CCCCCC1. The summed E-state index contributed by atoms with van der Waals surface area (Å²) in [6, 6.07) is 2.03. The molecule has 16 heavy (non-hydrogen) atoms. The molecule has 1 aromatic heterocycles. The Hall–Kier alpha value is -0.830. The number of aromatic amines is 1. The molecule has 1 aromatic rings. The van der Waals surface area contributed by atoms with Crippen molar-refractivity contribution in [2.45, 2.75) is 52.0 Å². The second-order valence-electron chi connectivity index (χ2n) is 5.41. The first-order valence-electron chi connectivity index (χ1n) is 6.48. The van der Waals surface area contributed by atoms with E-state index in [2.05, 4.69) is 22.4 Å². The molecule has 0 aliphatic heterocycles. The van der Waals surface area contributed by atoms with Gasteiger partial charge in [0.1, 0.15) is 0 Å². The van der Waals surface area contributed by atoms with E-state index >= 15 is 0 Å². The highest BCUT2D eigenvalue weighted by Crippen LogP contribution is 2.33. The highest BCUT2D eigenvalue weighted by Gasteiger charge is 2.24. The third kappa shape index (κ3) is 3.34. The molecule has 1 aliphatic carbocycles. The minimum absolute atomic E-state index is 0.510. The Morgan fingerprint density at radius 3 is 2.69 bits per heavy atom. The number of H-pyrrole nitrogens is 1. The summed E-state index contributed by atoms with van der Waals surface area (Å²) in [5.74, 6) is 0. The van der Waals surface area contributed by atoms with Crippen molar-refractivity contribution >= 4 is 0 Å². The van der Waals surface area contributed by atoms with Gasteiger partial charge in [0.15, 0.2) is 0 Å². The second kappa shape index (κ2) is 5.48. The van der Waals surface area contributed by atoms with Crippen molar-refractivity contribution in [3.63, 3.8) is 0 Å². The Balaban J connectivity index is 1.75. The molecule has 1 fully saturated rings. The smallest absolute Gasteiger partial charge is 0.0490 e. The predicted octanol–water partition coefficient (Wildman–Crippen LogP) is 2.86. The zero-order chi connectivity index (χ0) is 11.3. The molecule has 0 amide bonds. The fourth-order valence-electron chi connectivity index (χ4n) is 2.64. The fourth-order valence-corrected chi connectivity index (χ4v) is 2.64. The van der Waals surface area contributed by atoms with Gasteiger partial charge in [0.2, 0.25) is 0 Å². The van der Waals surface area contributed by atoms with Crippen LogP contribution in [0.15, 0.2) is 12.3 Å². The first kappa shape index (κ1) is 11.6. The van der Waals surface area contributed by atoms with E-state index in [1.807, 2.05) is 12.3 Å². The molecule has 0 bridgehead atoms. The molecule has 3 nitrogen and oxygen atoms in total. The lowest BCUT2D eigenvalue weighted by atomic mass is 9.82. The van der Waals surface area contributed by atoms with E-state index in [4.69, 9.17) is 0 Å². The van der Waals surface area contributed by atoms with Crippen LogP contribution in [0.2, 0.25) is 0 Å². The summed E-state index contributed by atoms with van der Waals surface area (Å²) in [4.78, 5) is 0. The molecule has 1 saturated carbocycles. The van der Waals surface area contributed by atoms with Crippen LogP contribution < -0.4 is 5.32 Å². The van der Waals surface area contributed by atoms with E-state index in [9.17, 15) is 0 Å². The normalized spacial score (nSPS) is 20.6. The third-order valence-corrected chi connectivity index (χ3v) is 3.74. The minimum atomic E-state index is 0.510. The Kier molecular flexibility index (Phi) is 3.99. The highest BCUT2D eigenvalue weighted by atomic mass is 15.1. The molecule has 1 aliphatic rings. The van der Waals surface area contributed by atoms with Crippen molar-refractivity contribution in [2.24, 2.45) is 5.41 Å². The summed E-state index contributed by atoms with van der Waals surface area (Å²) < 4.78 is 0. The largest absolute Gasteiger partial charge is 0.311 e. The predicted molar refractivity (Wildman–Crippen MR) is 66.1 cm³/mol. The summed E-state index contributed by atoms with van der Waals surface area (Å²) in [7, 11) is 0. The van der Waals surface area contributed by atoms with E-state index in [0.29, 0.717) is 5.41 Å². The Bertz CT molecular complexity index is 284. The topological polar surface area (TPSA) is 40.7 Å². The summed E-state index contributed by atoms with van der Waals surface area (Å²) >= 11 is 0. The monoisotopic (exact) mass is 221 g/mol. The zero-order valence-electron chi connectivity index (χ0n) is 10.3. The molecule has 0 saturated heterocycles. The average Bonchev–Trinajstić information content (AvgIpc) is 2.68. The second-order valence-corrected chi connectivity index (χ2v) is 5.41. The van der Waals surface area contributed by atoms with Crippen LogP contribution in [0.5, 0.6) is 0 Å². The van der Waals surface area contributed by atoms with Gasteiger partial charge in [0.05, 0.1) is 0 Å². The van der Waals surface area contributed by atoms with E-state index in [1.54, 1.807) is 0 Å². The van der Waals surface area contributed by atoms with Crippen LogP contribution in [0.3, 0.4) is 0 Å². The van der Waals surface area contributed by atoms with Crippen LogP contribution in [0.4, 0.5) is 0 Å². The lowest BCUT2D eigenvalue weighted by Crippen LogP contribution is -2.31. The van der Waals surface area contributed by atoms with Crippen LogP contribution in [0.1, 0.15) is 51.1 Å². The van der Waals surface area contributed by atoms with Crippen molar-refractivity contribution in [2.75, 3.05) is 6.54 Å². The van der Waals surface area contributed by atoms with Crippen LogP contribution >= 0.6 is 0 Å². The molecule has 0 radical (unpaired) electrons. The first-order valence-corrected chi connectivity index (χ1v) is 6.48. The maximum Gasteiger partial charge on any atom is 0.0490 e. The van der Waals surface area contributed by atoms with Gasteiger partial charge in [-0.3, -0.25) is 5.10 Å². The molecule has 0 unspecified atom stereocenters. The summed E-state index contributed by atoms with van der Waals surface area (Å²) in [5.41, 5.74) is 1.69. The highest BCUT2D eigenvalue weighted by molar-refractivity contribution is 4.96. The molecule has 2 N–H and O–H groups in total. The van der Waals surface area contributed by atoms with Gasteiger partial charge in [-0.15, -0.1) is 0 Å². The summed E-state index contributed by atoms with van der Waals surface area (Å²) in [6.07, 6.45) is 10.2. The molecular formula is C13H23N3. The minimum Gasteiger partial charge on any atom is -0.311 e. The van der Waals surface area contributed by atoms with Crippen molar-refractivity contribution in [3.8, 4) is 0 Å². The van der Waals surface area contributed by atoms with Gasteiger partial charge in [-0.2, -0.15) is 5.10 Å². The Labute approximate surface area is 98.0 Å². The lowest BCUT2D eigenvalue weighted by Gasteiger charge is -2.28. The maximum atomic E-state index is 3.95. The van der Waals surface area contributed by atoms with Crippen molar-refractivity contribution in [3.05, 3.63) is 18.0 Å². The maximum absolute atomic E-state index is 3.95. The molecule has 3 heteroatoms. The van der Waals surface area contributed by atoms with Gasteiger partial charge in [0.25, 0.3) is 0 Å². The zero-order valence-corrected chi connectivity index (χ0v) is 10.3. The quantitative estimate of drug-likeness (QED) is 0.768. The molecule has 0 aromatic carbocycles. The third-order valence-electron chi connectivity index (χ3n) is 3.74. The summed E-state index contributed by atoms with van der Waals surface area (Å²) in [6.45, 7) is 4.47. The van der Waals surface area contributed by atoms with Crippen molar-refractivity contribution < 1.29 is 0 Å². The fraction of sp³-hybridized carbons (Fsp3) is 0.769. The van der Waals surface area contributed by atoms with Gasteiger partial charge in [0, 0.05) is 25.0 Å². The first-order chi connectivity index (χ1) is 7.79.